The average molecular weight is 459 g/mol. The molecule has 0 saturated heterocycles. The van der Waals surface area contributed by atoms with Gasteiger partial charge in [-0.15, -0.1) is 11.3 Å². The summed E-state index contributed by atoms with van der Waals surface area (Å²) in [6.07, 6.45) is 2.33. The molecule has 0 aliphatic carbocycles. The zero-order valence-corrected chi connectivity index (χ0v) is 18.1. The van der Waals surface area contributed by atoms with Gasteiger partial charge in [0.2, 0.25) is 20.0 Å². The lowest BCUT2D eigenvalue weighted by Gasteiger charge is -2.21. The molecule has 1 atom stereocenters. The van der Waals surface area contributed by atoms with Gasteiger partial charge < -0.3 is 4.52 Å². The van der Waals surface area contributed by atoms with Crippen LogP contribution in [0.25, 0.3) is 10.6 Å². The van der Waals surface area contributed by atoms with Gasteiger partial charge in [0.1, 0.15) is 11.4 Å². The van der Waals surface area contributed by atoms with E-state index in [4.69, 9.17) is 8.71 Å². The minimum absolute atomic E-state index is 0.0158. The Kier molecular flexibility index (Phi) is 6.06. The molecule has 27 heavy (non-hydrogen) atoms. The zero-order chi connectivity index (χ0) is 20.6. The monoisotopic (exact) mass is 458 g/mol. The van der Waals surface area contributed by atoms with Crippen molar-refractivity contribution >= 4 is 47.2 Å². The SMILES string of the molecule is C[C@H](COS(C)(=O)=O)c1onc(-c2cccs2)c1N(S(C)(=O)=O)S(C)(=O)=O. The maximum absolute atomic E-state index is 12.2. The smallest absolute Gasteiger partial charge is 0.264 e. The highest BCUT2D eigenvalue weighted by Crippen LogP contribution is 2.41. The summed E-state index contributed by atoms with van der Waals surface area (Å²) in [7, 11) is -12.3. The number of hydrogen-bond acceptors (Lipinski definition) is 10. The van der Waals surface area contributed by atoms with Crippen LogP contribution >= 0.6 is 11.3 Å². The normalized spacial score (nSPS) is 14.2. The molecule has 2 aromatic heterocycles. The lowest BCUT2D eigenvalue weighted by Crippen LogP contribution is -2.36. The van der Waals surface area contributed by atoms with Gasteiger partial charge in [0, 0.05) is 5.92 Å². The molecule has 0 fully saturated rings. The van der Waals surface area contributed by atoms with Crippen molar-refractivity contribution in [3.8, 4) is 10.6 Å². The third-order valence-corrected chi connectivity index (χ3v) is 7.85. The highest BCUT2D eigenvalue weighted by atomic mass is 32.3. The van der Waals surface area contributed by atoms with Crippen molar-refractivity contribution in [2.75, 3.05) is 29.1 Å². The van der Waals surface area contributed by atoms with Crippen molar-refractivity contribution in [1.29, 1.82) is 0 Å². The Bertz CT molecular complexity index is 1080. The van der Waals surface area contributed by atoms with Crippen molar-refractivity contribution in [3.63, 3.8) is 0 Å². The van der Waals surface area contributed by atoms with Gasteiger partial charge in [-0.05, 0) is 11.4 Å². The van der Waals surface area contributed by atoms with Crippen LogP contribution in [0, 0.1) is 0 Å². The number of thiophene rings is 1. The number of aromatic nitrogens is 1. The quantitative estimate of drug-likeness (QED) is 0.533. The van der Waals surface area contributed by atoms with E-state index in [2.05, 4.69) is 5.16 Å². The Morgan fingerprint density at radius 3 is 2.19 bits per heavy atom. The first-order valence-corrected chi connectivity index (χ1v) is 13.7. The molecule has 2 rings (SSSR count). The van der Waals surface area contributed by atoms with E-state index in [1.54, 1.807) is 17.5 Å². The molecule has 0 aliphatic rings. The maximum atomic E-state index is 12.2. The van der Waals surface area contributed by atoms with Crippen molar-refractivity contribution in [1.82, 2.24) is 5.16 Å². The molecular weight excluding hydrogens is 440 g/mol. The summed E-state index contributed by atoms with van der Waals surface area (Å²) in [6, 6.07) is 3.30. The van der Waals surface area contributed by atoms with Gasteiger partial charge >= 0.3 is 0 Å². The lowest BCUT2D eigenvalue weighted by atomic mass is 10.1. The Morgan fingerprint density at radius 2 is 1.74 bits per heavy atom. The summed E-state index contributed by atoms with van der Waals surface area (Å²) in [5.41, 5.74) is -0.269. The van der Waals surface area contributed by atoms with Crippen molar-refractivity contribution in [2.24, 2.45) is 0 Å². The first kappa shape index (κ1) is 21.8. The van der Waals surface area contributed by atoms with E-state index in [1.807, 2.05) is 0 Å². The second kappa shape index (κ2) is 7.50. The molecule has 14 heteroatoms. The van der Waals surface area contributed by atoms with Crippen LogP contribution in [-0.4, -0.2) is 55.8 Å². The number of hydrogen-bond donors (Lipinski definition) is 0. The highest BCUT2D eigenvalue weighted by molar-refractivity contribution is 8.09. The van der Waals surface area contributed by atoms with E-state index >= 15 is 0 Å². The summed E-state index contributed by atoms with van der Waals surface area (Å²) in [6.45, 7) is 1.11. The summed E-state index contributed by atoms with van der Waals surface area (Å²) in [4.78, 5) is 0.480. The molecule has 2 heterocycles. The largest absolute Gasteiger partial charge is 0.358 e. The van der Waals surface area contributed by atoms with Crippen LogP contribution in [0.15, 0.2) is 22.0 Å². The molecule has 0 bridgehead atoms. The van der Waals surface area contributed by atoms with E-state index in [0.29, 0.717) is 4.88 Å². The van der Waals surface area contributed by atoms with Gasteiger partial charge in [0.05, 0.1) is 30.3 Å². The van der Waals surface area contributed by atoms with E-state index < -0.39 is 36.1 Å². The second-order valence-corrected chi connectivity index (χ2v) is 12.3. The van der Waals surface area contributed by atoms with Crippen LogP contribution in [0.4, 0.5) is 5.69 Å². The standard InChI is InChI=1S/C13H18N2O8S4/c1-9(8-22-27(4,20)21)13-12(15(25(2,16)17)26(3,18)19)11(14-23-13)10-6-5-7-24-10/h5-7,9H,8H2,1-4H3/t9-/m1/s1. The van der Waals surface area contributed by atoms with Gasteiger partial charge in [-0.2, -0.15) is 12.1 Å². The maximum Gasteiger partial charge on any atom is 0.264 e. The summed E-state index contributed by atoms with van der Waals surface area (Å²) in [5, 5.41) is 5.54. The molecule has 0 saturated carbocycles. The summed E-state index contributed by atoms with van der Waals surface area (Å²) < 4.78 is 81.6. The molecule has 0 spiro atoms. The minimum atomic E-state index is -4.27. The van der Waals surface area contributed by atoms with Gasteiger partial charge in [-0.3, -0.25) is 4.18 Å². The van der Waals surface area contributed by atoms with Crippen molar-refractivity contribution in [2.45, 2.75) is 12.8 Å². The van der Waals surface area contributed by atoms with Crippen LogP contribution in [0.3, 0.4) is 0 Å². The number of sulfonamides is 2. The first-order chi connectivity index (χ1) is 12.2. The third kappa shape index (κ3) is 5.28. The third-order valence-electron chi connectivity index (χ3n) is 3.21. The fourth-order valence-electron chi connectivity index (χ4n) is 2.25. The fourth-order valence-corrected chi connectivity index (χ4v) is 6.39. The molecule has 0 radical (unpaired) electrons. The van der Waals surface area contributed by atoms with Gasteiger partial charge in [0.25, 0.3) is 10.1 Å². The van der Waals surface area contributed by atoms with E-state index in [1.165, 1.54) is 18.3 Å². The van der Waals surface area contributed by atoms with Crippen LogP contribution < -0.4 is 3.71 Å². The zero-order valence-electron chi connectivity index (χ0n) is 14.8. The Hall–Kier alpha value is -1.48. The van der Waals surface area contributed by atoms with Gasteiger partial charge in [-0.1, -0.05) is 18.1 Å². The Balaban J connectivity index is 2.70. The molecule has 0 unspecified atom stereocenters. The number of rotatable bonds is 8. The molecule has 0 aromatic carbocycles. The molecule has 10 nitrogen and oxygen atoms in total. The van der Waals surface area contributed by atoms with E-state index in [0.717, 1.165) is 18.8 Å². The van der Waals surface area contributed by atoms with Crippen LogP contribution in [0.1, 0.15) is 18.6 Å². The first-order valence-electron chi connectivity index (χ1n) is 7.30. The topological polar surface area (TPSA) is 141 Å². The van der Waals surface area contributed by atoms with E-state index in [9.17, 15) is 25.3 Å². The lowest BCUT2D eigenvalue weighted by molar-refractivity contribution is 0.271. The van der Waals surface area contributed by atoms with Crippen molar-refractivity contribution < 1.29 is 34.0 Å². The average Bonchev–Trinajstić information content (AvgIpc) is 3.10. The van der Waals surface area contributed by atoms with Gasteiger partial charge in [0.15, 0.2) is 5.76 Å². The van der Waals surface area contributed by atoms with Crippen molar-refractivity contribution in [3.05, 3.63) is 23.3 Å². The van der Waals surface area contributed by atoms with Crippen LogP contribution in [0.5, 0.6) is 0 Å². The molecule has 0 aliphatic heterocycles. The highest BCUT2D eigenvalue weighted by Gasteiger charge is 2.37. The second-order valence-electron chi connectivity index (χ2n) is 5.83. The molecule has 0 amide bonds. The van der Waals surface area contributed by atoms with Crippen LogP contribution in [0.2, 0.25) is 0 Å². The fraction of sp³-hybridized carbons (Fsp3) is 0.462. The number of nitrogens with zero attached hydrogens (tertiary/aromatic N) is 2. The Labute approximate surface area is 162 Å². The Morgan fingerprint density at radius 1 is 1.15 bits per heavy atom. The van der Waals surface area contributed by atoms with Gasteiger partial charge in [-0.25, -0.2) is 16.8 Å². The minimum Gasteiger partial charge on any atom is -0.358 e. The predicted octanol–water partition coefficient (Wildman–Crippen LogP) is 1.21. The predicted molar refractivity (Wildman–Crippen MR) is 101 cm³/mol. The summed E-state index contributed by atoms with van der Waals surface area (Å²) >= 11 is 1.21. The molecule has 0 N–H and O–H groups in total. The molecule has 152 valence electrons. The van der Waals surface area contributed by atoms with Crippen LogP contribution in [-0.2, 0) is 34.3 Å². The summed E-state index contributed by atoms with van der Waals surface area (Å²) in [5.74, 6) is -0.931. The number of anilines is 1. The molecular formula is C13H18N2O8S4. The molecule has 2 aromatic rings. The van der Waals surface area contributed by atoms with E-state index in [-0.39, 0.29) is 27.5 Å².